The third kappa shape index (κ3) is 4.38. The molecule has 2 N–H and O–H groups in total. The number of benzene rings is 2. The molecule has 0 fully saturated rings. The minimum Gasteiger partial charge on any atom is -0.322 e. The summed E-state index contributed by atoms with van der Waals surface area (Å²) < 4.78 is 0.831. The molecule has 3 rings (SSSR count). The number of anilines is 2. The fourth-order valence-corrected chi connectivity index (χ4v) is 3.97. The normalized spacial score (nSPS) is 10.5. The lowest BCUT2D eigenvalue weighted by atomic mass is 10.0. The number of hydrogen-bond acceptors (Lipinski definition) is 4. The number of nitrogens with one attached hydrogen (secondary N) is 2. The highest BCUT2D eigenvalue weighted by molar-refractivity contribution is 7.22. The van der Waals surface area contributed by atoms with E-state index in [2.05, 4.69) is 21.5 Å². The molecular formula is C22H21N3O2S. The Hall–Kier alpha value is -3.17. The molecule has 1 heterocycles. The number of thiazole rings is 1. The summed E-state index contributed by atoms with van der Waals surface area (Å²) in [6.07, 6.45) is 5.82. The van der Waals surface area contributed by atoms with Crippen LogP contribution < -0.4 is 10.6 Å². The molecule has 0 saturated carbocycles. The molecule has 142 valence electrons. The number of carbonyl (C=O) groups is 2. The molecule has 0 aliphatic carbocycles. The van der Waals surface area contributed by atoms with E-state index in [0.29, 0.717) is 17.1 Å². The molecule has 0 aliphatic heterocycles. The number of aromatic nitrogens is 1. The number of amides is 2. The highest BCUT2D eigenvalue weighted by atomic mass is 32.1. The van der Waals surface area contributed by atoms with Crippen LogP contribution in [-0.2, 0) is 4.79 Å². The van der Waals surface area contributed by atoms with Gasteiger partial charge in [0.2, 0.25) is 5.91 Å². The number of rotatable bonds is 5. The standard InChI is InChI=1S/C22H21N3O2S/c1-5-6-7-19(26)24-22-23-17-9-8-16(12-18(17)28-22)21(27)25-20-14(3)10-13(2)11-15(20)4/h1,8-12H,6-7H2,2-4H3,(H,25,27)(H,23,24,26). The van der Waals surface area contributed by atoms with E-state index in [0.717, 1.165) is 32.6 Å². The first kappa shape index (κ1) is 19.6. The van der Waals surface area contributed by atoms with Gasteiger partial charge in [-0.15, -0.1) is 12.3 Å². The molecule has 0 spiro atoms. The average Bonchev–Trinajstić information content (AvgIpc) is 3.03. The highest BCUT2D eigenvalue weighted by Crippen LogP contribution is 2.28. The van der Waals surface area contributed by atoms with E-state index in [-0.39, 0.29) is 18.2 Å². The fraction of sp³-hybridized carbons (Fsp3) is 0.227. The van der Waals surface area contributed by atoms with Crippen molar-refractivity contribution in [1.29, 1.82) is 0 Å². The van der Waals surface area contributed by atoms with Crippen molar-refractivity contribution in [2.75, 3.05) is 10.6 Å². The van der Waals surface area contributed by atoms with Crippen LogP contribution in [0, 0.1) is 33.1 Å². The number of carbonyl (C=O) groups excluding carboxylic acids is 2. The largest absolute Gasteiger partial charge is 0.322 e. The Balaban J connectivity index is 1.79. The number of aryl methyl sites for hydroxylation is 3. The molecule has 0 saturated heterocycles. The van der Waals surface area contributed by atoms with Gasteiger partial charge in [0.05, 0.1) is 10.2 Å². The third-order valence-corrected chi connectivity index (χ3v) is 5.24. The van der Waals surface area contributed by atoms with E-state index >= 15 is 0 Å². The van der Waals surface area contributed by atoms with Gasteiger partial charge in [-0.3, -0.25) is 9.59 Å². The molecule has 0 radical (unpaired) electrons. The molecule has 1 aromatic heterocycles. The van der Waals surface area contributed by atoms with Crippen molar-refractivity contribution in [3.63, 3.8) is 0 Å². The van der Waals surface area contributed by atoms with Crippen molar-refractivity contribution in [3.8, 4) is 12.3 Å². The predicted octanol–water partition coefficient (Wildman–Crippen LogP) is 4.83. The van der Waals surface area contributed by atoms with Crippen LogP contribution in [0.5, 0.6) is 0 Å². The Labute approximate surface area is 168 Å². The van der Waals surface area contributed by atoms with Crippen LogP contribution in [0.2, 0.25) is 0 Å². The van der Waals surface area contributed by atoms with Crippen LogP contribution in [-0.4, -0.2) is 16.8 Å². The Morgan fingerprint density at radius 1 is 1.11 bits per heavy atom. The van der Waals surface area contributed by atoms with Gasteiger partial charge >= 0.3 is 0 Å². The van der Waals surface area contributed by atoms with Gasteiger partial charge in [-0.2, -0.15) is 0 Å². The lowest BCUT2D eigenvalue weighted by Crippen LogP contribution is -2.13. The van der Waals surface area contributed by atoms with Gasteiger partial charge in [-0.1, -0.05) is 29.0 Å². The Morgan fingerprint density at radius 3 is 2.50 bits per heavy atom. The van der Waals surface area contributed by atoms with Crippen LogP contribution in [0.4, 0.5) is 10.8 Å². The summed E-state index contributed by atoms with van der Waals surface area (Å²) >= 11 is 1.33. The fourth-order valence-electron chi connectivity index (χ4n) is 3.05. The topological polar surface area (TPSA) is 71.1 Å². The van der Waals surface area contributed by atoms with Crippen molar-refractivity contribution >= 4 is 44.2 Å². The average molecular weight is 391 g/mol. The maximum absolute atomic E-state index is 12.7. The molecular weight excluding hydrogens is 370 g/mol. The second kappa shape index (κ2) is 8.24. The molecule has 0 unspecified atom stereocenters. The zero-order valence-electron chi connectivity index (χ0n) is 16.1. The van der Waals surface area contributed by atoms with Gasteiger partial charge in [0.1, 0.15) is 0 Å². The van der Waals surface area contributed by atoms with E-state index in [1.165, 1.54) is 11.3 Å². The monoisotopic (exact) mass is 391 g/mol. The molecule has 5 nitrogen and oxygen atoms in total. The van der Waals surface area contributed by atoms with Crippen LogP contribution in [0.3, 0.4) is 0 Å². The van der Waals surface area contributed by atoms with Crippen molar-refractivity contribution < 1.29 is 9.59 Å². The highest BCUT2D eigenvalue weighted by Gasteiger charge is 2.13. The van der Waals surface area contributed by atoms with Gasteiger partial charge in [-0.05, 0) is 50.1 Å². The summed E-state index contributed by atoms with van der Waals surface area (Å²) in [4.78, 5) is 28.9. The predicted molar refractivity (Wildman–Crippen MR) is 115 cm³/mol. The zero-order valence-corrected chi connectivity index (χ0v) is 16.9. The van der Waals surface area contributed by atoms with Gasteiger partial charge in [0.25, 0.3) is 5.91 Å². The minimum absolute atomic E-state index is 0.166. The number of terminal acetylenes is 1. The van der Waals surface area contributed by atoms with Crippen LogP contribution in [0.25, 0.3) is 10.2 Å². The summed E-state index contributed by atoms with van der Waals surface area (Å²) in [6.45, 7) is 6.00. The molecule has 0 bridgehead atoms. The number of fused-ring (bicyclic) bond motifs is 1. The number of hydrogen-bond donors (Lipinski definition) is 2. The quantitative estimate of drug-likeness (QED) is 0.612. The maximum Gasteiger partial charge on any atom is 0.255 e. The smallest absolute Gasteiger partial charge is 0.255 e. The molecule has 28 heavy (non-hydrogen) atoms. The molecule has 2 amide bonds. The first-order valence-electron chi connectivity index (χ1n) is 8.90. The van der Waals surface area contributed by atoms with Gasteiger partial charge in [0, 0.05) is 24.1 Å². The maximum atomic E-state index is 12.7. The molecule has 2 aromatic carbocycles. The first-order valence-corrected chi connectivity index (χ1v) is 9.72. The molecule has 0 atom stereocenters. The van der Waals surface area contributed by atoms with E-state index in [9.17, 15) is 9.59 Å². The Morgan fingerprint density at radius 2 is 1.82 bits per heavy atom. The van der Waals surface area contributed by atoms with Crippen molar-refractivity contribution in [2.45, 2.75) is 33.6 Å². The lowest BCUT2D eigenvalue weighted by molar-refractivity contribution is -0.116. The van der Waals surface area contributed by atoms with Crippen LogP contribution in [0.15, 0.2) is 30.3 Å². The van der Waals surface area contributed by atoms with Crippen molar-refractivity contribution in [3.05, 3.63) is 52.6 Å². The second-order valence-electron chi connectivity index (χ2n) is 6.68. The van der Waals surface area contributed by atoms with Crippen LogP contribution >= 0.6 is 11.3 Å². The minimum atomic E-state index is -0.176. The van der Waals surface area contributed by atoms with Crippen molar-refractivity contribution in [1.82, 2.24) is 4.98 Å². The molecule has 6 heteroatoms. The zero-order chi connectivity index (χ0) is 20.3. The Bertz CT molecular complexity index is 1090. The summed E-state index contributed by atoms with van der Waals surface area (Å²) in [5.74, 6) is 2.10. The van der Waals surface area contributed by atoms with E-state index < -0.39 is 0 Å². The van der Waals surface area contributed by atoms with Gasteiger partial charge < -0.3 is 10.6 Å². The van der Waals surface area contributed by atoms with E-state index in [4.69, 9.17) is 6.42 Å². The summed E-state index contributed by atoms with van der Waals surface area (Å²) in [5.41, 5.74) is 5.33. The van der Waals surface area contributed by atoms with Crippen molar-refractivity contribution in [2.24, 2.45) is 0 Å². The van der Waals surface area contributed by atoms with Gasteiger partial charge in [-0.25, -0.2) is 4.98 Å². The molecule has 0 aliphatic rings. The lowest BCUT2D eigenvalue weighted by Gasteiger charge is -2.12. The summed E-state index contributed by atoms with van der Waals surface area (Å²) in [6, 6.07) is 9.40. The summed E-state index contributed by atoms with van der Waals surface area (Å²) in [5, 5.41) is 6.25. The Kier molecular flexibility index (Phi) is 5.76. The number of nitrogens with zero attached hydrogens (tertiary/aromatic N) is 1. The van der Waals surface area contributed by atoms with Crippen LogP contribution in [0.1, 0.15) is 39.9 Å². The van der Waals surface area contributed by atoms with E-state index in [1.807, 2.05) is 32.9 Å². The second-order valence-corrected chi connectivity index (χ2v) is 7.71. The molecule has 3 aromatic rings. The first-order chi connectivity index (χ1) is 13.4. The summed E-state index contributed by atoms with van der Waals surface area (Å²) in [7, 11) is 0. The van der Waals surface area contributed by atoms with Gasteiger partial charge in [0.15, 0.2) is 5.13 Å². The third-order valence-electron chi connectivity index (χ3n) is 4.31. The SMILES string of the molecule is C#CCCC(=O)Nc1nc2ccc(C(=O)Nc3c(C)cc(C)cc3C)cc2s1. The van der Waals surface area contributed by atoms with E-state index in [1.54, 1.807) is 18.2 Å².